The number of hydrogen-bond acceptors (Lipinski definition) is 14. The number of ketones is 1. The Bertz CT molecular complexity index is 2030. The Kier molecular flexibility index (Phi) is 11.2. The van der Waals surface area contributed by atoms with E-state index in [1.807, 2.05) is 0 Å². The number of carbonyl (C=O) groups excluding carboxylic acids is 5. The molecule has 1 saturated heterocycles. The molecule has 2 aromatic carbocycles. The van der Waals surface area contributed by atoms with Crippen LogP contribution >= 0.6 is 0 Å². The van der Waals surface area contributed by atoms with Crippen molar-refractivity contribution in [3.8, 4) is 0 Å². The minimum absolute atomic E-state index is 0.0770. The van der Waals surface area contributed by atoms with Gasteiger partial charge in [-0.3, -0.25) is 9.59 Å². The summed E-state index contributed by atoms with van der Waals surface area (Å²) in [6, 6.07) is 14.6. The lowest BCUT2D eigenvalue weighted by Crippen LogP contribution is -2.85. The maximum absolute atomic E-state index is 14.9. The molecule has 2 aromatic rings. The number of ether oxygens (including phenoxy) is 5. The van der Waals surface area contributed by atoms with Crippen molar-refractivity contribution in [2.24, 2.45) is 16.7 Å². The number of rotatable bonds is 8. The van der Waals surface area contributed by atoms with Crippen LogP contribution in [0.2, 0.25) is 0 Å². The second-order valence-electron chi connectivity index (χ2n) is 18.2. The van der Waals surface area contributed by atoms with Gasteiger partial charge in [-0.05, 0) is 57.9 Å². The van der Waals surface area contributed by atoms with E-state index in [1.54, 1.807) is 69.3 Å². The monoisotopic (exact) mass is 821 g/mol. The summed E-state index contributed by atoms with van der Waals surface area (Å²) in [5.41, 5.74) is -10.7. The molecule has 15 heteroatoms. The number of amides is 1. The van der Waals surface area contributed by atoms with Gasteiger partial charge in [-0.1, -0.05) is 69.3 Å². The lowest BCUT2D eigenvalue weighted by molar-refractivity contribution is -0.377. The van der Waals surface area contributed by atoms with E-state index < -0.39 is 112 Å². The van der Waals surface area contributed by atoms with Crippen molar-refractivity contribution in [1.82, 2.24) is 5.32 Å². The Morgan fingerprint density at radius 3 is 2.07 bits per heavy atom. The summed E-state index contributed by atoms with van der Waals surface area (Å²) in [4.78, 5) is 69.3. The van der Waals surface area contributed by atoms with Crippen molar-refractivity contribution in [3.63, 3.8) is 0 Å². The van der Waals surface area contributed by atoms with Crippen LogP contribution in [0.4, 0.5) is 4.79 Å². The quantitative estimate of drug-likeness (QED) is 0.190. The summed E-state index contributed by atoms with van der Waals surface area (Å²) in [5.74, 6) is -5.40. The second-order valence-corrected chi connectivity index (χ2v) is 18.2. The molecule has 6 rings (SSSR count). The number of aliphatic hydroxyl groups excluding tert-OH is 3. The summed E-state index contributed by atoms with van der Waals surface area (Å²) in [6.07, 6.45) is -9.80. The fraction of sp³-hybridized carbons (Fsp3) is 0.568. The number of hydrogen-bond donors (Lipinski definition) is 5. The van der Waals surface area contributed by atoms with Gasteiger partial charge in [-0.15, -0.1) is 0 Å². The van der Waals surface area contributed by atoms with Gasteiger partial charge in [0.15, 0.2) is 17.5 Å². The van der Waals surface area contributed by atoms with Crippen LogP contribution in [-0.4, -0.2) is 110 Å². The van der Waals surface area contributed by atoms with Crippen molar-refractivity contribution in [3.05, 3.63) is 82.9 Å². The van der Waals surface area contributed by atoms with E-state index >= 15 is 0 Å². The van der Waals surface area contributed by atoms with Gasteiger partial charge >= 0.3 is 24.0 Å². The van der Waals surface area contributed by atoms with Gasteiger partial charge in [-0.2, -0.15) is 0 Å². The van der Waals surface area contributed by atoms with Crippen molar-refractivity contribution in [1.29, 1.82) is 0 Å². The fourth-order valence-electron chi connectivity index (χ4n) is 10.3. The van der Waals surface area contributed by atoms with Crippen LogP contribution in [0.1, 0.15) is 97.1 Å². The van der Waals surface area contributed by atoms with Crippen molar-refractivity contribution in [2.75, 3.05) is 6.61 Å². The highest BCUT2D eigenvalue weighted by Gasteiger charge is 2.81. The molecular formula is C44H55NO14. The van der Waals surface area contributed by atoms with Crippen LogP contribution < -0.4 is 5.32 Å². The molecule has 3 aliphatic carbocycles. The van der Waals surface area contributed by atoms with E-state index in [9.17, 15) is 44.4 Å². The zero-order valence-corrected chi connectivity index (χ0v) is 34.8. The first-order chi connectivity index (χ1) is 27.4. The average Bonchev–Trinajstić information content (AvgIpc) is 3.15. The Morgan fingerprint density at radius 2 is 1.53 bits per heavy atom. The normalized spacial score (nSPS) is 34.6. The summed E-state index contributed by atoms with van der Waals surface area (Å²) < 4.78 is 29.9. The Balaban J connectivity index is 1.52. The smallest absolute Gasteiger partial charge is 0.408 e. The van der Waals surface area contributed by atoms with E-state index in [0.29, 0.717) is 5.56 Å². The van der Waals surface area contributed by atoms with Crippen LogP contribution in [0.15, 0.2) is 71.8 Å². The number of Topliss-reactive ketones (excluding diaryl/α,β-unsaturated/α-hetero) is 1. The largest absolute Gasteiger partial charge is 0.456 e. The third-order valence-corrected chi connectivity index (χ3v) is 13.1. The number of carbonyl (C=O) groups is 5. The van der Waals surface area contributed by atoms with E-state index in [4.69, 9.17) is 23.7 Å². The van der Waals surface area contributed by atoms with Crippen LogP contribution in [0, 0.1) is 16.7 Å². The van der Waals surface area contributed by atoms with Gasteiger partial charge in [0.2, 0.25) is 0 Å². The number of aliphatic hydroxyl groups is 4. The molecule has 5 N–H and O–H groups in total. The summed E-state index contributed by atoms with van der Waals surface area (Å²) >= 11 is 0. The number of esters is 3. The molecule has 2 bridgehead atoms. The molecule has 0 spiro atoms. The first kappa shape index (κ1) is 43.9. The third-order valence-electron chi connectivity index (χ3n) is 13.1. The molecule has 1 amide bonds. The summed E-state index contributed by atoms with van der Waals surface area (Å²) in [5, 5.41) is 52.2. The molecule has 320 valence electrons. The minimum atomic E-state index is -2.44. The maximum Gasteiger partial charge on any atom is 0.408 e. The number of alkyl carbamates (subject to hydrolysis) is 1. The molecule has 1 aliphatic heterocycles. The highest BCUT2D eigenvalue weighted by Crippen LogP contribution is 2.68. The SMILES string of the molecule is CC(=O)O[C@@]12CO[C@@H]1C[C@H](O)[C@@]1(C)C(O)C(=O)C3=C(C)[C@@H](OC(=O)[C@H](O)[C@@H](NC(=O)OC(C)(C)C)c4ccccc4)C[C@](O)(C3(C)C)[C@@](C)(OC(=O)c3ccccc3)[C@H]21. The Labute approximate surface area is 343 Å². The lowest BCUT2D eigenvalue weighted by atomic mass is 9.41. The fourth-order valence-corrected chi connectivity index (χ4v) is 10.3. The van der Waals surface area contributed by atoms with Gasteiger partial charge in [-0.25, -0.2) is 14.4 Å². The molecule has 3 fully saturated rings. The van der Waals surface area contributed by atoms with Crippen molar-refractivity contribution >= 4 is 29.8 Å². The minimum Gasteiger partial charge on any atom is -0.456 e. The molecule has 0 radical (unpaired) electrons. The second kappa shape index (κ2) is 15.1. The topological polar surface area (TPSA) is 224 Å². The zero-order valence-electron chi connectivity index (χ0n) is 34.8. The molecule has 1 heterocycles. The van der Waals surface area contributed by atoms with Gasteiger partial charge < -0.3 is 49.4 Å². The maximum atomic E-state index is 14.9. The molecule has 11 atom stereocenters. The molecule has 2 saturated carbocycles. The Hall–Kier alpha value is -4.67. The number of nitrogens with one attached hydrogen (secondary N) is 1. The number of fused-ring (bicyclic) bond motifs is 5. The zero-order chi connectivity index (χ0) is 43.7. The summed E-state index contributed by atoms with van der Waals surface area (Å²) in [7, 11) is 0. The van der Waals surface area contributed by atoms with Gasteiger partial charge in [0.25, 0.3) is 0 Å². The first-order valence-electron chi connectivity index (χ1n) is 19.7. The molecular weight excluding hydrogens is 766 g/mol. The van der Waals surface area contributed by atoms with Crippen LogP contribution in [0.5, 0.6) is 0 Å². The van der Waals surface area contributed by atoms with Crippen LogP contribution in [0.3, 0.4) is 0 Å². The molecule has 0 aromatic heterocycles. The van der Waals surface area contributed by atoms with Crippen LogP contribution in [-0.2, 0) is 38.1 Å². The first-order valence-corrected chi connectivity index (χ1v) is 19.7. The van der Waals surface area contributed by atoms with Gasteiger partial charge in [0, 0.05) is 36.2 Å². The third kappa shape index (κ3) is 7.03. The van der Waals surface area contributed by atoms with E-state index in [2.05, 4.69) is 5.32 Å². The van der Waals surface area contributed by atoms with E-state index in [0.717, 1.165) is 6.92 Å². The van der Waals surface area contributed by atoms with Crippen molar-refractivity contribution < 1.29 is 68.1 Å². The molecule has 1 unspecified atom stereocenters. The predicted octanol–water partition coefficient (Wildman–Crippen LogP) is 3.65. The van der Waals surface area contributed by atoms with E-state index in [1.165, 1.54) is 46.8 Å². The predicted molar refractivity (Wildman–Crippen MR) is 208 cm³/mol. The number of benzene rings is 2. The Morgan fingerprint density at radius 1 is 0.932 bits per heavy atom. The van der Waals surface area contributed by atoms with E-state index in [-0.39, 0.29) is 29.7 Å². The average molecular weight is 822 g/mol. The molecule has 4 aliphatic rings. The van der Waals surface area contributed by atoms with Crippen molar-refractivity contribution in [2.45, 2.75) is 134 Å². The van der Waals surface area contributed by atoms with Crippen LogP contribution in [0.25, 0.3) is 0 Å². The van der Waals surface area contributed by atoms with Gasteiger partial charge in [0.1, 0.15) is 35.1 Å². The molecule has 59 heavy (non-hydrogen) atoms. The highest BCUT2D eigenvalue weighted by molar-refractivity contribution is 6.02. The highest BCUT2D eigenvalue weighted by atomic mass is 16.6. The molecule has 15 nitrogen and oxygen atoms in total. The lowest BCUT2D eigenvalue weighted by Gasteiger charge is -2.71. The standard InChI is InChI=1S/C44H55NO14/c1-23-27(56-36(52)33(49)31(25-16-12-10-13-17-25)45-38(53)59-39(3,4)5)21-44(54)40(6,7)30(23)32(48)34(50)41(8)28(47)20-29-43(22-55-29,57-24(2)46)37(41)42(44,9)58-35(51)26-18-14-11-15-19-26/h10-19,27-29,31,33-34,37,47,49-50,54H,20-22H2,1-9H3,(H,45,53)/t27-,28-,29+,31-,33+,34?,37+,41-,42-,43-,44-/m0/s1. The van der Waals surface area contributed by atoms with Gasteiger partial charge in [0.05, 0.1) is 30.2 Å². The summed E-state index contributed by atoms with van der Waals surface area (Å²) in [6.45, 7) is 13.2.